The fraction of sp³-hybridized carbons (Fsp3) is 0.292. The zero-order valence-corrected chi connectivity index (χ0v) is 28.6. The number of carboxylic acids is 2. The van der Waals surface area contributed by atoms with Crippen molar-refractivity contribution in [2.24, 2.45) is 12.2 Å². The van der Waals surface area contributed by atoms with E-state index in [0.29, 0.717) is 20.8 Å². The van der Waals surface area contributed by atoms with E-state index < -0.39 is 48.6 Å². The molecule has 0 aromatic carbocycles. The molecule has 18 nitrogen and oxygen atoms in total. The van der Waals surface area contributed by atoms with Crippen molar-refractivity contribution in [3.8, 4) is 11.3 Å². The Morgan fingerprint density at radius 1 is 1.28 bits per heavy atom. The van der Waals surface area contributed by atoms with Gasteiger partial charge in [0.05, 0.1) is 17.4 Å². The first kappa shape index (κ1) is 35.9. The van der Waals surface area contributed by atoms with Crippen molar-refractivity contribution >= 4 is 88.7 Å². The van der Waals surface area contributed by atoms with Crippen molar-refractivity contribution in [2.75, 3.05) is 17.4 Å². The molecule has 2 aliphatic heterocycles. The molecule has 0 saturated carbocycles. The molecule has 250 valence electrons. The first-order valence-corrected chi connectivity index (χ1v) is 18.2. The number of nitrogens with one attached hydrogen (secondary N) is 2. The zero-order chi connectivity index (χ0) is 34.5. The van der Waals surface area contributed by atoms with Gasteiger partial charge in [0.2, 0.25) is 16.7 Å². The average molecular weight is 745 g/mol. The highest BCUT2D eigenvalue weighted by Crippen LogP contribution is 2.45. The van der Waals surface area contributed by atoms with Gasteiger partial charge in [-0.1, -0.05) is 16.9 Å². The van der Waals surface area contributed by atoms with Gasteiger partial charge in [0.25, 0.3) is 17.8 Å². The van der Waals surface area contributed by atoms with Crippen molar-refractivity contribution in [3.05, 3.63) is 46.3 Å². The molecule has 3 aromatic heterocycles. The lowest BCUT2D eigenvalue weighted by atomic mass is 10.0. The van der Waals surface area contributed by atoms with Crippen molar-refractivity contribution in [1.29, 1.82) is 0 Å². The van der Waals surface area contributed by atoms with Gasteiger partial charge in [-0.05, 0) is 6.92 Å². The molecule has 0 aliphatic carbocycles. The molecule has 2 atom stereocenters. The summed E-state index contributed by atoms with van der Waals surface area (Å²) in [5.41, 5.74) is 0.906. The van der Waals surface area contributed by atoms with E-state index in [9.17, 15) is 24.1 Å². The Labute approximate surface area is 282 Å². The van der Waals surface area contributed by atoms with E-state index in [4.69, 9.17) is 24.5 Å². The van der Waals surface area contributed by atoms with Crippen LogP contribution >= 0.6 is 54.1 Å². The summed E-state index contributed by atoms with van der Waals surface area (Å²) < 4.78 is 17.6. The number of aromatic nitrogens is 4. The monoisotopic (exact) mass is 744 g/mol. The smallest absolute Gasteiger partial charge is 0.429 e. The van der Waals surface area contributed by atoms with Gasteiger partial charge in [-0.15, -0.1) is 23.1 Å². The van der Waals surface area contributed by atoms with Gasteiger partial charge in [0.15, 0.2) is 16.7 Å². The van der Waals surface area contributed by atoms with E-state index in [1.54, 1.807) is 6.92 Å². The summed E-state index contributed by atoms with van der Waals surface area (Å²) >= 11 is 4.31. The Bertz CT molecular complexity index is 1790. The third-order valence-corrected chi connectivity index (χ3v) is 10.5. The number of hydrogen-bond donors (Lipinski definition) is 5. The molecule has 1 fully saturated rings. The molecule has 5 heterocycles. The minimum atomic E-state index is -4.68. The highest BCUT2D eigenvalue weighted by molar-refractivity contribution is 8.07. The minimum absolute atomic E-state index is 0.0774. The number of fused-ring (bicyclic) bond motifs is 1. The maximum absolute atomic E-state index is 13.1. The number of rotatable bonds is 11. The number of oxime groups is 1. The second-order valence-electron chi connectivity index (χ2n) is 9.23. The number of aryl methyl sites for hydroxylation is 1. The second kappa shape index (κ2) is 15.3. The predicted molar refractivity (Wildman–Crippen MR) is 169 cm³/mol. The zero-order valence-electron chi connectivity index (χ0n) is 24.4. The van der Waals surface area contributed by atoms with E-state index in [2.05, 4.69) is 24.8 Å². The molecule has 23 heteroatoms. The molecule has 5 rings (SSSR count). The van der Waals surface area contributed by atoms with Crippen LogP contribution < -0.4 is 20.1 Å². The topological polar surface area (TPSA) is 261 Å². The molecule has 47 heavy (non-hydrogen) atoms. The van der Waals surface area contributed by atoms with Gasteiger partial charge < -0.3 is 34.9 Å². The number of carbonyl (C=O) groups is 4. The van der Waals surface area contributed by atoms with Crippen LogP contribution in [0, 0.1) is 0 Å². The maximum Gasteiger partial charge on any atom is 0.429 e. The van der Waals surface area contributed by atoms with Crippen molar-refractivity contribution in [3.63, 3.8) is 0 Å². The third-order valence-electron chi connectivity index (χ3n) is 5.76. The van der Waals surface area contributed by atoms with Crippen LogP contribution in [0.15, 0.2) is 50.0 Å². The maximum atomic E-state index is 13.1. The molecule has 3 aromatic rings. The fourth-order valence-corrected chi connectivity index (χ4v) is 8.59. The average Bonchev–Trinajstić information content (AvgIpc) is 3.64. The van der Waals surface area contributed by atoms with Crippen LogP contribution in [-0.4, -0.2) is 87.4 Å². The van der Waals surface area contributed by atoms with Gasteiger partial charge in [-0.25, -0.2) is 14.1 Å². The Balaban J connectivity index is 0.00000118. The summed E-state index contributed by atoms with van der Waals surface area (Å²) in [6.45, 7) is 2.77. The number of thioether (sulfide) groups is 2. The number of nitrogens with zero attached hydrogens (tertiary/aromatic N) is 6. The summed E-state index contributed by atoms with van der Waals surface area (Å²) in [7, 11) is -2.78. The fourth-order valence-electron chi connectivity index (χ4n) is 3.89. The van der Waals surface area contributed by atoms with Gasteiger partial charge in [0, 0.05) is 52.2 Å². The lowest BCUT2D eigenvalue weighted by Gasteiger charge is -2.50. The SMILES string of the molecule is CC(=O)O.CCO/N=C(/C(=O)N[C@@H]1C(=O)N2C(C(=O)[O-])=C(Sc3nc(-c4cc[n+](C)cc4)cs3)CS[C@H]12)c1nsc(NP(=O)(O)O)n1. The molecular weight excluding hydrogens is 720 g/mol. The number of anilines is 1. The molecule has 0 radical (unpaired) electrons. The number of hydrogen-bond acceptors (Lipinski definition) is 15. The number of amides is 2. The van der Waals surface area contributed by atoms with Crippen LogP contribution in [0.4, 0.5) is 5.13 Å². The van der Waals surface area contributed by atoms with E-state index in [1.165, 1.54) is 23.1 Å². The Hall–Kier alpha value is -3.92. The number of carboxylic acid groups (broad SMARTS) is 2. The number of carbonyl (C=O) groups excluding carboxylic acids is 3. The second-order valence-corrected chi connectivity index (χ2v) is 14.6. The molecule has 0 spiro atoms. The van der Waals surface area contributed by atoms with Crippen molar-refractivity contribution in [1.82, 2.24) is 24.6 Å². The molecule has 2 amide bonds. The lowest BCUT2D eigenvalue weighted by molar-refractivity contribution is -0.671. The third kappa shape index (κ3) is 9.12. The van der Waals surface area contributed by atoms with Crippen LogP contribution in [0.25, 0.3) is 11.3 Å². The molecule has 1 saturated heterocycles. The van der Waals surface area contributed by atoms with Crippen LogP contribution in [0.5, 0.6) is 0 Å². The normalized spacial score (nSPS) is 17.6. The van der Waals surface area contributed by atoms with E-state index in [0.717, 1.165) is 34.8 Å². The summed E-state index contributed by atoms with van der Waals surface area (Å²) in [4.78, 5) is 80.5. The first-order valence-electron chi connectivity index (χ1n) is 13.0. The quantitative estimate of drug-likeness (QED) is 0.0568. The van der Waals surface area contributed by atoms with Gasteiger partial charge >= 0.3 is 7.75 Å². The summed E-state index contributed by atoms with van der Waals surface area (Å²) in [5.74, 6) is -4.03. The highest BCUT2D eigenvalue weighted by atomic mass is 32.2. The number of aliphatic carboxylic acids is 2. The number of pyridine rings is 1. The van der Waals surface area contributed by atoms with Crippen LogP contribution in [0.2, 0.25) is 0 Å². The first-order chi connectivity index (χ1) is 22.2. The van der Waals surface area contributed by atoms with E-state index >= 15 is 0 Å². The molecular formula is C24H25N8O10PS4. The van der Waals surface area contributed by atoms with Crippen molar-refractivity contribution < 1.29 is 53.1 Å². The molecule has 0 unspecified atom stereocenters. The predicted octanol–water partition coefficient (Wildman–Crippen LogP) is -0.0241. The standard InChI is InChI=1S/C22H21N8O8PS4.C2H4O2/c1-3-38-26-13(16-25-21(43-28-16)27-39(35,36)37)17(31)24-14-18(32)30-15(20(33)34)12(9-40-19(14)30)42-22-23-11(8-41-22)10-4-6-29(2)7-5-10;1-2(3)4/h4-8,14,19H,3,9H2,1-2H3,(H4-,24,25,27,28,31,33,34,35,36,37);1H3,(H,3,4)/b26-13+;/t14-,19-;/m1./s1. The molecule has 0 bridgehead atoms. The lowest BCUT2D eigenvalue weighted by Crippen LogP contribution is -2.71. The Morgan fingerprint density at radius 2 is 1.96 bits per heavy atom. The van der Waals surface area contributed by atoms with Crippen LogP contribution in [-0.2, 0) is 35.6 Å². The van der Waals surface area contributed by atoms with Gasteiger partial charge in [0.1, 0.15) is 25.1 Å². The van der Waals surface area contributed by atoms with Crippen LogP contribution in [0.1, 0.15) is 19.7 Å². The number of thiazole rings is 1. The van der Waals surface area contributed by atoms with Gasteiger partial charge in [-0.2, -0.15) is 9.36 Å². The molecule has 2 aliphatic rings. The number of β-lactam (4-membered cyclic amide) rings is 1. The summed E-state index contributed by atoms with van der Waals surface area (Å²) in [6, 6.07) is 2.72. The van der Waals surface area contributed by atoms with Crippen molar-refractivity contribution in [2.45, 2.75) is 29.6 Å². The largest absolute Gasteiger partial charge is 0.543 e. The van der Waals surface area contributed by atoms with Crippen LogP contribution in [0.3, 0.4) is 0 Å². The molecule has 5 N–H and O–H groups in total. The minimum Gasteiger partial charge on any atom is -0.543 e. The highest BCUT2D eigenvalue weighted by Gasteiger charge is 2.53. The van der Waals surface area contributed by atoms with Gasteiger partial charge in [-0.3, -0.25) is 24.4 Å². The summed E-state index contributed by atoms with van der Waals surface area (Å²) in [6.07, 6.45) is 3.78. The van der Waals surface area contributed by atoms with E-state index in [-0.39, 0.29) is 29.0 Å². The summed E-state index contributed by atoms with van der Waals surface area (Å²) in [5, 5.41) is 28.5. The Kier molecular flexibility index (Phi) is 11.7. The Morgan fingerprint density at radius 3 is 2.57 bits per heavy atom. The van der Waals surface area contributed by atoms with E-state index in [1.807, 2.05) is 46.6 Å².